The molecule has 96 valence electrons. The van der Waals surface area contributed by atoms with E-state index in [2.05, 4.69) is 5.32 Å². The van der Waals surface area contributed by atoms with Gasteiger partial charge >= 0.3 is 5.97 Å². The van der Waals surface area contributed by atoms with Gasteiger partial charge in [-0.2, -0.15) is 0 Å². The molecule has 6 heteroatoms. The molecular formula is C12H13NO5. The largest absolute Gasteiger partial charge is 0.508 e. The lowest BCUT2D eigenvalue weighted by Crippen LogP contribution is -2.36. The molecule has 6 nitrogen and oxygen atoms in total. The number of ketones is 1. The number of Topliss-reactive ketones (excluding diaryl/α,β-unsaturated/α-hetero) is 1. The Balaban J connectivity index is 2.14. The van der Waals surface area contributed by atoms with Gasteiger partial charge in [-0.05, 0) is 30.7 Å². The summed E-state index contributed by atoms with van der Waals surface area (Å²) in [7, 11) is 0. The van der Waals surface area contributed by atoms with Crippen LogP contribution >= 0.6 is 0 Å². The molecular weight excluding hydrogens is 238 g/mol. The van der Waals surface area contributed by atoms with Gasteiger partial charge in [0.15, 0.2) is 5.78 Å². The standard InChI is InChI=1S/C12H13NO5/c14-7-3-1-6(2-4-7)10(15)8-5-9(12(17)18)13-11(8)16/h1-4,8-9,11,13-14,16H,5H2,(H,17,18)/t8?,9-,11?/m0/s1. The van der Waals surface area contributed by atoms with Crippen LogP contribution in [0.5, 0.6) is 5.75 Å². The number of phenols is 1. The van der Waals surface area contributed by atoms with Crippen molar-refractivity contribution in [2.45, 2.75) is 18.7 Å². The highest BCUT2D eigenvalue weighted by atomic mass is 16.4. The van der Waals surface area contributed by atoms with Gasteiger partial charge in [0.1, 0.15) is 18.0 Å². The van der Waals surface area contributed by atoms with E-state index in [4.69, 9.17) is 10.2 Å². The molecule has 1 fully saturated rings. The van der Waals surface area contributed by atoms with Crippen LogP contribution in [0, 0.1) is 5.92 Å². The zero-order chi connectivity index (χ0) is 13.3. The Morgan fingerprint density at radius 1 is 1.22 bits per heavy atom. The fourth-order valence-corrected chi connectivity index (χ4v) is 2.04. The number of carboxylic acids is 1. The highest BCUT2D eigenvalue weighted by Crippen LogP contribution is 2.24. The first-order chi connectivity index (χ1) is 8.49. The summed E-state index contributed by atoms with van der Waals surface area (Å²) in [6.07, 6.45) is -1.11. The maximum atomic E-state index is 12.1. The highest BCUT2D eigenvalue weighted by molar-refractivity contribution is 5.99. The number of carbonyl (C=O) groups excluding carboxylic acids is 1. The van der Waals surface area contributed by atoms with Gasteiger partial charge in [0.2, 0.25) is 0 Å². The second kappa shape index (κ2) is 4.75. The predicted octanol–water partition coefficient (Wildman–Crippen LogP) is -0.0440. The van der Waals surface area contributed by atoms with Gasteiger partial charge in [0.25, 0.3) is 0 Å². The molecule has 18 heavy (non-hydrogen) atoms. The van der Waals surface area contributed by atoms with Gasteiger partial charge in [-0.15, -0.1) is 0 Å². The van der Waals surface area contributed by atoms with Crippen molar-refractivity contribution in [2.75, 3.05) is 0 Å². The topological polar surface area (TPSA) is 107 Å². The fourth-order valence-electron chi connectivity index (χ4n) is 2.04. The molecule has 1 aromatic carbocycles. The lowest BCUT2D eigenvalue weighted by molar-refractivity contribution is -0.139. The molecule has 1 heterocycles. The van der Waals surface area contributed by atoms with Gasteiger partial charge in [0, 0.05) is 5.56 Å². The Bertz CT molecular complexity index is 470. The van der Waals surface area contributed by atoms with E-state index < -0.39 is 24.2 Å². The van der Waals surface area contributed by atoms with Crippen LogP contribution in [0.4, 0.5) is 0 Å². The molecule has 0 amide bonds. The maximum Gasteiger partial charge on any atom is 0.320 e. The van der Waals surface area contributed by atoms with E-state index in [0.29, 0.717) is 5.56 Å². The molecule has 1 aliphatic heterocycles. The van der Waals surface area contributed by atoms with Crippen LogP contribution in [0.2, 0.25) is 0 Å². The minimum absolute atomic E-state index is 0.0417. The number of benzene rings is 1. The van der Waals surface area contributed by atoms with Crippen LogP contribution in [-0.2, 0) is 4.79 Å². The first kappa shape index (κ1) is 12.5. The fraction of sp³-hybridized carbons (Fsp3) is 0.333. The average Bonchev–Trinajstić information content (AvgIpc) is 2.71. The van der Waals surface area contributed by atoms with Crippen molar-refractivity contribution in [3.8, 4) is 5.75 Å². The summed E-state index contributed by atoms with van der Waals surface area (Å²) >= 11 is 0. The molecule has 1 saturated heterocycles. The molecule has 0 aliphatic carbocycles. The third-order valence-corrected chi connectivity index (χ3v) is 3.03. The monoisotopic (exact) mass is 251 g/mol. The van der Waals surface area contributed by atoms with Crippen LogP contribution in [0.15, 0.2) is 24.3 Å². The van der Waals surface area contributed by atoms with Crippen LogP contribution in [0.25, 0.3) is 0 Å². The van der Waals surface area contributed by atoms with Crippen molar-refractivity contribution in [1.82, 2.24) is 5.32 Å². The number of hydrogen-bond acceptors (Lipinski definition) is 5. The molecule has 2 rings (SSSR count). The number of nitrogens with one attached hydrogen (secondary N) is 1. The van der Waals surface area contributed by atoms with E-state index in [1.165, 1.54) is 24.3 Å². The van der Waals surface area contributed by atoms with Crippen molar-refractivity contribution in [1.29, 1.82) is 0 Å². The Kier molecular flexibility index (Phi) is 3.31. The highest BCUT2D eigenvalue weighted by Gasteiger charge is 2.40. The average molecular weight is 251 g/mol. The summed E-state index contributed by atoms with van der Waals surface area (Å²) in [4.78, 5) is 22.8. The van der Waals surface area contributed by atoms with Gasteiger partial charge in [-0.3, -0.25) is 14.9 Å². The second-order valence-corrected chi connectivity index (χ2v) is 4.26. The zero-order valence-corrected chi connectivity index (χ0v) is 9.41. The zero-order valence-electron chi connectivity index (χ0n) is 9.41. The van der Waals surface area contributed by atoms with Crippen LogP contribution in [-0.4, -0.2) is 39.3 Å². The molecule has 1 aromatic rings. The normalized spacial score (nSPS) is 27.1. The minimum Gasteiger partial charge on any atom is -0.508 e. The molecule has 0 saturated carbocycles. The quantitative estimate of drug-likeness (QED) is 0.561. The number of hydrogen-bond donors (Lipinski definition) is 4. The van der Waals surface area contributed by atoms with E-state index in [9.17, 15) is 14.7 Å². The molecule has 0 radical (unpaired) electrons. The summed E-state index contributed by atoms with van der Waals surface area (Å²) in [5, 5.41) is 30.0. The Labute approximate surface area is 103 Å². The third-order valence-electron chi connectivity index (χ3n) is 3.03. The van der Waals surface area contributed by atoms with Crippen LogP contribution < -0.4 is 5.32 Å². The van der Waals surface area contributed by atoms with E-state index in [1.54, 1.807) is 0 Å². The number of phenolic OH excluding ortho intramolecular Hbond substituents is 1. The summed E-state index contributed by atoms with van der Waals surface area (Å²) in [5.41, 5.74) is 0.338. The molecule has 1 aliphatic rings. The summed E-state index contributed by atoms with van der Waals surface area (Å²) < 4.78 is 0. The van der Waals surface area contributed by atoms with Gasteiger partial charge < -0.3 is 15.3 Å². The molecule has 2 unspecified atom stereocenters. The number of rotatable bonds is 3. The first-order valence-electron chi connectivity index (χ1n) is 5.49. The molecule has 0 aromatic heterocycles. The molecule has 3 atom stereocenters. The van der Waals surface area contributed by atoms with Gasteiger partial charge in [0.05, 0.1) is 5.92 Å². The van der Waals surface area contributed by atoms with Gasteiger partial charge in [-0.25, -0.2) is 0 Å². The van der Waals surface area contributed by atoms with Gasteiger partial charge in [-0.1, -0.05) is 0 Å². The van der Waals surface area contributed by atoms with Crippen molar-refractivity contribution in [3.05, 3.63) is 29.8 Å². The van der Waals surface area contributed by atoms with Crippen LogP contribution in [0.3, 0.4) is 0 Å². The number of aliphatic carboxylic acids is 1. The molecule has 0 bridgehead atoms. The van der Waals surface area contributed by atoms with E-state index >= 15 is 0 Å². The van der Waals surface area contributed by atoms with Crippen LogP contribution in [0.1, 0.15) is 16.8 Å². The number of carbonyl (C=O) groups is 2. The Morgan fingerprint density at radius 2 is 1.83 bits per heavy atom. The lowest BCUT2D eigenvalue weighted by atomic mass is 9.94. The van der Waals surface area contributed by atoms with Crippen molar-refractivity contribution < 1.29 is 24.9 Å². The maximum absolute atomic E-state index is 12.1. The van der Waals surface area contributed by atoms with Crippen molar-refractivity contribution >= 4 is 11.8 Å². The third kappa shape index (κ3) is 2.34. The molecule has 4 N–H and O–H groups in total. The predicted molar refractivity (Wildman–Crippen MR) is 61.1 cm³/mol. The smallest absolute Gasteiger partial charge is 0.320 e. The van der Waals surface area contributed by atoms with E-state index in [-0.39, 0.29) is 18.0 Å². The van der Waals surface area contributed by atoms with Crippen molar-refractivity contribution in [3.63, 3.8) is 0 Å². The molecule has 0 spiro atoms. The van der Waals surface area contributed by atoms with Crippen molar-refractivity contribution in [2.24, 2.45) is 5.92 Å². The number of carboxylic acid groups (broad SMARTS) is 1. The lowest BCUT2D eigenvalue weighted by Gasteiger charge is -2.12. The number of aliphatic hydroxyl groups is 1. The Morgan fingerprint density at radius 3 is 2.33 bits per heavy atom. The van der Waals surface area contributed by atoms with E-state index in [0.717, 1.165) is 0 Å². The summed E-state index contributed by atoms with van der Waals surface area (Å²) in [5.74, 6) is -2.16. The Hall–Kier alpha value is -1.92. The summed E-state index contributed by atoms with van der Waals surface area (Å²) in [6.45, 7) is 0. The first-order valence-corrected chi connectivity index (χ1v) is 5.49. The second-order valence-electron chi connectivity index (χ2n) is 4.26. The summed E-state index contributed by atoms with van der Waals surface area (Å²) in [6, 6.07) is 4.72. The number of aromatic hydroxyl groups is 1. The number of aliphatic hydroxyl groups excluding tert-OH is 1. The SMILES string of the molecule is O=C(c1ccc(O)cc1)C1C[C@@H](C(=O)O)NC1O. The minimum atomic E-state index is -1.16. The van der Waals surface area contributed by atoms with E-state index in [1.807, 2.05) is 0 Å².